The van der Waals surface area contributed by atoms with E-state index in [-0.39, 0.29) is 5.56 Å². The highest BCUT2D eigenvalue weighted by Crippen LogP contribution is 2.29. The number of carboxylic acids is 1. The zero-order valence-corrected chi connectivity index (χ0v) is 10.3. The first kappa shape index (κ1) is 12.3. The number of carboxylic acid groups (broad SMARTS) is 1. The maximum atomic E-state index is 10.8. The fourth-order valence-electron chi connectivity index (χ4n) is 1.08. The van der Waals surface area contributed by atoms with Gasteiger partial charge in [-0.1, -0.05) is 25.4 Å². The molecule has 3 nitrogen and oxygen atoms in total. The summed E-state index contributed by atoms with van der Waals surface area (Å²) in [5.74, 6) is -0.997. The molecule has 82 valence electrons. The Hall–Kier alpha value is -0.740. The zero-order chi connectivity index (χ0) is 11.6. The molecule has 1 N–H and O–H groups in total. The molecule has 0 aliphatic carbocycles. The minimum absolute atomic E-state index is 0.160. The lowest BCUT2D eigenvalue weighted by atomic mass is 10.2. The molecule has 0 saturated heterocycles. The van der Waals surface area contributed by atoms with Gasteiger partial charge in [0, 0.05) is 5.25 Å². The number of aromatic nitrogens is 1. The maximum absolute atomic E-state index is 10.8. The fraction of sp³-hybridized carbons (Fsp3) is 0.400. The third-order valence-corrected chi connectivity index (χ3v) is 3.12. The van der Waals surface area contributed by atoms with Crippen molar-refractivity contribution < 1.29 is 9.90 Å². The number of aromatic carboxylic acids is 1. The number of halogens is 1. The summed E-state index contributed by atoms with van der Waals surface area (Å²) in [6, 6.07) is 1.46. The van der Waals surface area contributed by atoms with Gasteiger partial charge in [-0.15, -0.1) is 11.8 Å². The highest BCUT2D eigenvalue weighted by molar-refractivity contribution is 7.99. The molecule has 0 fully saturated rings. The summed E-state index contributed by atoms with van der Waals surface area (Å²) in [4.78, 5) is 15.0. The molecule has 0 spiro atoms. The Kier molecular flexibility index (Phi) is 3.99. The van der Waals surface area contributed by atoms with Crippen molar-refractivity contribution in [2.75, 3.05) is 0 Å². The molecule has 0 unspecified atom stereocenters. The van der Waals surface area contributed by atoms with Crippen LogP contribution >= 0.6 is 23.4 Å². The van der Waals surface area contributed by atoms with E-state index < -0.39 is 5.97 Å². The van der Waals surface area contributed by atoms with Crippen LogP contribution in [0.15, 0.2) is 11.1 Å². The number of carbonyl (C=O) groups is 1. The van der Waals surface area contributed by atoms with Crippen molar-refractivity contribution in [2.45, 2.75) is 31.0 Å². The van der Waals surface area contributed by atoms with Gasteiger partial charge in [-0.05, 0) is 13.0 Å². The van der Waals surface area contributed by atoms with E-state index in [4.69, 9.17) is 16.7 Å². The lowest BCUT2D eigenvalue weighted by Gasteiger charge is -2.08. The van der Waals surface area contributed by atoms with Crippen molar-refractivity contribution >= 4 is 29.3 Å². The fourth-order valence-corrected chi connectivity index (χ4v) is 2.17. The van der Waals surface area contributed by atoms with Crippen LogP contribution in [0.4, 0.5) is 0 Å². The monoisotopic (exact) mass is 245 g/mol. The van der Waals surface area contributed by atoms with Crippen LogP contribution in [0, 0.1) is 6.92 Å². The van der Waals surface area contributed by atoms with Gasteiger partial charge in [0.2, 0.25) is 0 Å². The van der Waals surface area contributed by atoms with Gasteiger partial charge in [0.1, 0.15) is 5.03 Å². The highest BCUT2D eigenvalue weighted by atomic mass is 35.5. The predicted molar refractivity (Wildman–Crippen MR) is 61.9 cm³/mol. The number of pyridine rings is 1. The molecule has 0 amide bonds. The molecule has 0 bridgehead atoms. The van der Waals surface area contributed by atoms with Gasteiger partial charge in [-0.3, -0.25) is 0 Å². The molecule has 1 rings (SSSR count). The molecular weight excluding hydrogens is 234 g/mol. The van der Waals surface area contributed by atoms with Gasteiger partial charge in [0.15, 0.2) is 0 Å². The molecule has 1 heterocycles. The first-order valence-electron chi connectivity index (χ1n) is 4.49. The molecule has 0 saturated carbocycles. The molecule has 1 aromatic rings. The molecule has 0 radical (unpaired) electrons. The smallest absolute Gasteiger partial charge is 0.337 e. The predicted octanol–water partition coefficient (Wildman–Crippen LogP) is 3.24. The van der Waals surface area contributed by atoms with Crippen LogP contribution < -0.4 is 0 Å². The summed E-state index contributed by atoms with van der Waals surface area (Å²) in [5.41, 5.74) is 0.656. The second-order valence-electron chi connectivity index (χ2n) is 3.38. The normalized spacial score (nSPS) is 10.7. The van der Waals surface area contributed by atoms with Crippen molar-refractivity contribution in [2.24, 2.45) is 0 Å². The van der Waals surface area contributed by atoms with Crippen LogP contribution in [0.5, 0.6) is 0 Å². The number of rotatable bonds is 3. The first-order valence-corrected chi connectivity index (χ1v) is 5.74. The van der Waals surface area contributed by atoms with E-state index in [1.54, 1.807) is 6.92 Å². The Balaban J connectivity index is 3.13. The summed E-state index contributed by atoms with van der Waals surface area (Å²) < 4.78 is 0. The minimum atomic E-state index is -0.997. The average Bonchev–Trinajstić information content (AvgIpc) is 2.09. The van der Waals surface area contributed by atoms with Gasteiger partial charge < -0.3 is 5.11 Å². The summed E-state index contributed by atoms with van der Waals surface area (Å²) in [5, 5.41) is 10.3. The second kappa shape index (κ2) is 4.86. The van der Waals surface area contributed by atoms with E-state index in [1.807, 2.05) is 13.8 Å². The average molecular weight is 246 g/mol. The van der Waals surface area contributed by atoms with E-state index >= 15 is 0 Å². The third-order valence-electron chi connectivity index (χ3n) is 1.71. The Morgan fingerprint density at radius 1 is 1.60 bits per heavy atom. The van der Waals surface area contributed by atoms with E-state index in [9.17, 15) is 4.79 Å². The number of thioether (sulfide) groups is 1. The van der Waals surface area contributed by atoms with Crippen molar-refractivity contribution in [1.82, 2.24) is 4.98 Å². The number of hydrogen-bond donors (Lipinski definition) is 1. The van der Waals surface area contributed by atoms with E-state index in [0.29, 0.717) is 21.0 Å². The Morgan fingerprint density at radius 3 is 2.67 bits per heavy atom. The van der Waals surface area contributed by atoms with Crippen LogP contribution in [-0.4, -0.2) is 21.3 Å². The third kappa shape index (κ3) is 3.11. The largest absolute Gasteiger partial charge is 0.478 e. The Morgan fingerprint density at radius 2 is 2.20 bits per heavy atom. The van der Waals surface area contributed by atoms with Crippen LogP contribution in [0.25, 0.3) is 0 Å². The van der Waals surface area contributed by atoms with Gasteiger partial charge in [0.25, 0.3) is 0 Å². The summed E-state index contributed by atoms with van der Waals surface area (Å²) in [7, 11) is 0. The SMILES string of the molecule is Cc1nc(SC(C)C)c(Cl)cc1C(=O)O. The topological polar surface area (TPSA) is 50.2 Å². The quantitative estimate of drug-likeness (QED) is 0.831. The lowest BCUT2D eigenvalue weighted by molar-refractivity contribution is 0.0695. The molecule has 0 aromatic carbocycles. The van der Waals surface area contributed by atoms with Crippen LogP contribution in [-0.2, 0) is 0 Å². The van der Waals surface area contributed by atoms with Crippen LogP contribution in [0.3, 0.4) is 0 Å². The van der Waals surface area contributed by atoms with Crippen LogP contribution in [0.1, 0.15) is 29.9 Å². The van der Waals surface area contributed by atoms with Gasteiger partial charge in [-0.25, -0.2) is 9.78 Å². The zero-order valence-electron chi connectivity index (χ0n) is 8.74. The summed E-state index contributed by atoms with van der Waals surface area (Å²) >= 11 is 7.47. The molecule has 15 heavy (non-hydrogen) atoms. The van der Waals surface area contributed by atoms with Crippen molar-refractivity contribution in [3.8, 4) is 0 Å². The van der Waals surface area contributed by atoms with Crippen molar-refractivity contribution in [3.63, 3.8) is 0 Å². The summed E-state index contributed by atoms with van der Waals surface area (Å²) in [6.07, 6.45) is 0. The number of nitrogens with zero attached hydrogens (tertiary/aromatic N) is 1. The van der Waals surface area contributed by atoms with Gasteiger partial charge in [-0.2, -0.15) is 0 Å². The molecule has 0 aliphatic heterocycles. The molecule has 0 aliphatic rings. The Labute approximate surface area is 97.9 Å². The van der Waals surface area contributed by atoms with Crippen molar-refractivity contribution in [3.05, 3.63) is 22.3 Å². The molecular formula is C10H12ClNO2S. The van der Waals surface area contributed by atoms with E-state index in [2.05, 4.69) is 4.98 Å². The molecule has 1 aromatic heterocycles. The van der Waals surface area contributed by atoms with E-state index in [0.717, 1.165) is 0 Å². The van der Waals surface area contributed by atoms with Crippen LogP contribution in [0.2, 0.25) is 5.02 Å². The summed E-state index contributed by atoms with van der Waals surface area (Å²) in [6.45, 7) is 5.73. The lowest BCUT2D eigenvalue weighted by Crippen LogP contribution is -2.03. The highest BCUT2D eigenvalue weighted by Gasteiger charge is 2.13. The second-order valence-corrected chi connectivity index (χ2v) is 5.35. The van der Waals surface area contributed by atoms with Gasteiger partial charge in [0.05, 0.1) is 16.3 Å². The molecule has 0 atom stereocenters. The standard InChI is InChI=1S/C10H12ClNO2S/c1-5(2)15-9-8(11)4-7(10(13)14)6(3)12-9/h4-5H,1-3H3,(H,13,14). The minimum Gasteiger partial charge on any atom is -0.478 e. The van der Waals surface area contributed by atoms with Gasteiger partial charge >= 0.3 is 5.97 Å². The number of aryl methyl sites for hydroxylation is 1. The first-order chi connectivity index (χ1) is 6.91. The molecule has 5 heteroatoms. The maximum Gasteiger partial charge on any atom is 0.337 e. The number of hydrogen-bond acceptors (Lipinski definition) is 3. The van der Waals surface area contributed by atoms with E-state index in [1.165, 1.54) is 17.8 Å². The van der Waals surface area contributed by atoms with Crippen molar-refractivity contribution in [1.29, 1.82) is 0 Å². The Bertz CT molecular complexity index is 393.